The third-order valence-electron chi connectivity index (χ3n) is 20.4. The number of aromatic carboxylic acids is 1. The maximum absolute atomic E-state index is 13.3. The van der Waals surface area contributed by atoms with E-state index < -0.39 is 17.9 Å². The van der Waals surface area contributed by atoms with Crippen molar-refractivity contribution in [1.29, 1.82) is 5.41 Å². The first-order valence-electron chi connectivity index (χ1n) is 31.1. The minimum Gasteiger partial charge on any atom is -0.476 e. The minimum atomic E-state index is -1.14. The van der Waals surface area contributed by atoms with E-state index >= 15 is 0 Å². The van der Waals surface area contributed by atoms with E-state index in [4.69, 9.17) is 20.6 Å². The van der Waals surface area contributed by atoms with Gasteiger partial charge in [-0.2, -0.15) is 5.10 Å². The molecule has 0 spiro atoms. The Bertz CT molecular complexity index is 3570. The number of nitrogens with one attached hydrogen (secondary N) is 2. The van der Waals surface area contributed by atoms with Crippen LogP contribution in [0.15, 0.2) is 76.9 Å². The van der Waals surface area contributed by atoms with Crippen LogP contribution in [-0.4, -0.2) is 139 Å². The van der Waals surface area contributed by atoms with Crippen molar-refractivity contribution in [3.8, 4) is 11.1 Å². The van der Waals surface area contributed by atoms with E-state index in [1.54, 1.807) is 16.0 Å². The van der Waals surface area contributed by atoms with E-state index in [-0.39, 0.29) is 57.5 Å². The van der Waals surface area contributed by atoms with Crippen molar-refractivity contribution in [3.63, 3.8) is 0 Å². The van der Waals surface area contributed by atoms with Crippen molar-refractivity contribution in [2.75, 3.05) is 51.3 Å². The van der Waals surface area contributed by atoms with Gasteiger partial charge < -0.3 is 35.2 Å². The van der Waals surface area contributed by atoms with Crippen molar-refractivity contribution in [1.82, 2.24) is 39.8 Å². The van der Waals surface area contributed by atoms with E-state index in [0.717, 1.165) is 149 Å². The summed E-state index contributed by atoms with van der Waals surface area (Å²) in [5.74, 6) is -0.513. The van der Waals surface area contributed by atoms with Crippen LogP contribution in [0.1, 0.15) is 174 Å². The summed E-state index contributed by atoms with van der Waals surface area (Å²) in [7, 11) is 2.19. The number of para-hydroxylation sites is 1. The zero-order valence-electron chi connectivity index (χ0n) is 50.5. The van der Waals surface area contributed by atoms with Gasteiger partial charge in [0.1, 0.15) is 23.5 Å². The summed E-state index contributed by atoms with van der Waals surface area (Å²) in [5, 5.41) is 27.8. The third kappa shape index (κ3) is 11.4. The van der Waals surface area contributed by atoms with E-state index in [2.05, 4.69) is 51.8 Å². The number of nitrogens with two attached hydrogens (primary N) is 1. The number of benzene rings is 2. The van der Waals surface area contributed by atoms with Crippen LogP contribution in [-0.2, 0) is 32.2 Å². The number of hydrogen-bond acceptors (Lipinski definition) is 13. The number of likely N-dealkylation sites (tertiary alicyclic amines) is 1. The Morgan fingerprint density at radius 2 is 1.69 bits per heavy atom. The van der Waals surface area contributed by atoms with Crippen molar-refractivity contribution in [3.05, 3.63) is 100 Å². The van der Waals surface area contributed by atoms with E-state index in [9.17, 15) is 34.5 Å². The number of rotatable bonds is 21. The summed E-state index contributed by atoms with van der Waals surface area (Å²) in [6.07, 6.45) is 16.7. The molecule has 4 amide bonds. The number of ether oxygens (including phenoxy) is 1. The number of amidine groups is 2. The second-order valence-electron chi connectivity index (χ2n) is 26.7. The lowest BCUT2D eigenvalue weighted by Gasteiger charge is -2.46. The molecule has 5 atom stereocenters. The zero-order chi connectivity index (χ0) is 60.3. The lowest BCUT2D eigenvalue weighted by atomic mass is 9.60. The van der Waals surface area contributed by atoms with E-state index in [0.29, 0.717) is 78.4 Å². The Labute approximate surface area is 507 Å². The molecule has 7 heterocycles. The molecule has 4 bridgehead atoms. The van der Waals surface area contributed by atoms with Crippen LogP contribution in [0.5, 0.6) is 0 Å². The molecule has 4 aliphatic heterocycles. The number of piperidine rings is 3. The molecule has 2 aromatic carbocycles. The molecule has 86 heavy (non-hydrogen) atoms. The monoisotopic (exact) mass is 1190 g/mol. The summed E-state index contributed by atoms with van der Waals surface area (Å²) in [6, 6.07) is 16.9. The molecule has 5 unspecified atom stereocenters. The molecule has 19 nitrogen and oxygen atoms in total. The fraction of sp³-hybridized carbons (Fsp3) is 0.545. The average molecular weight is 1190 g/mol. The number of hydrogen-bond donors (Lipinski definition) is 4. The highest BCUT2D eigenvalue weighted by Gasteiger charge is 2.74. The number of thiazole rings is 1. The Kier molecular flexibility index (Phi) is 16.2. The van der Waals surface area contributed by atoms with Gasteiger partial charge in [0, 0.05) is 80.1 Å². The van der Waals surface area contributed by atoms with Crippen molar-refractivity contribution in [2.45, 2.75) is 167 Å². The maximum Gasteiger partial charge on any atom is 0.355 e. The first kappa shape index (κ1) is 59.2. The number of carboxylic acids is 1. The number of aromatic nitrogens is 4. The third-order valence-corrected chi connectivity index (χ3v) is 21.4. The largest absolute Gasteiger partial charge is 0.476 e. The highest BCUT2D eigenvalue weighted by Crippen LogP contribution is 2.77. The minimum absolute atomic E-state index is 0.000933. The van der Waals surface area contributed by atoms with E-state index in [1.165, 1.54) is 16.9 Å². The zero-order valence-corrected chi connectivity index (χ0v) is 51.3. The summed E-state index contributed by atoms with van der Waals surface area (Å²) >= 11 is 1.46. The smallest absolute Gasteiger partial charge is 0.355 e. The topological polar surface area (TPSA) is 246 Å². The number of fused-ring (bicyclic) bond motifs is 2. The van der Waals surface area contributed by atoms with Gasteiger partial charge >= 0.3 is 5.97 Å². The van der Waals surface area contributed by atoms with Crippen LogP contribution in [0.2, 0.25) is 0 Å². The molecule has 13 rings (SSSR count). The number of amides is 4. The first-order chi connectivity index (χ1) is 41.2. The van der Waals surface area contributed by atoms with Gasteiger partial charge in [0.2, 0.25) is 22.9 Å². The molecule has 454 valence electrons. The molecular weight excluding hydrogens is 1100 g/mol. The molecule has 5 N–H and O–H groups in total. The van der Waals surface area contributed by atoms with Gasteiger partial charge in [-0.1, -0.05) is 68.7 Å². The quantitative estimate of drug-likeness (QED) is 0.0231. The molecule has 5 aromatic rings. The molecule has 20 heteroatoms. The lowest BCUT2D eigenvalue weighted by Crippen LogP contribution is -2.52. The van der Waals surface area contributed by atoms with Gasteiger partial charge in [-0.05, 0) is 174 Å². The van der Waals surface area contributed by atoms with Crippen LogP contribution in [0.4, 0.5) is 10.9 Å². The number of aliphatic imine (C=N–C) groups is 1. The summed E-state index contributed by atoms with van der Waals surface area (Å²) < 4.78 is 10.3. The molecule has 3 saturated heterocycles. The highest BCUT2D eigenvalue weighted by atomic mass is 32.1. The van der Waals surface area contributed by atoms with Crippen LogP contribution in [0, 0.1) is 28.6 Å². The number of anilines is 1. The van der Waals surface area contributed by atoms with Gasteiger partial charge in [-0.3, -0.25) is 34.6 Å². The van der Waals surface area contributed by atoms with Crippen molar-refractivity contribution < 1.29 is 33.8 Å². The van der Waals surface area contributed by atoms with Crippen LogP contribution in [0.3, 0.4) is 0 Å². The maximum atomic E-state index is 13.3. The Morgan fingerprint density at radius 3 is 2.48 bits per heavy atom. The van der Waals surface area contributed by atoms with Gasteiger partial charge in [-0.25, -0.2) is 19.8 Å². The lowest BCUT2D eigenvalue weighted by molar-refractivity contribution is -0.137. The molecule has 4 saturated carbocycles. The summed E-state index contributed by atoms with van der Waals surface area (Å²) in [5.41, 5.74) is 13.7. The standard InChI is InChI=1S/C66H82N12O7S/c1-41(57(67)73-62-70-50-15-10-11-16-52(50)86-62)46-14-13-27-76(58(46)68)53-22-20-48(56(71-53)61(83)84)49-33-69-78(42(49)2)40-65-36-63(3)35-64(4,38-65)66(37-63,39-65)85-31-30-74(5)26-12-8-6-7-9-17-55(80)75-28-24-43(25-29-75)44-18-19-47-45(32-44)34-77(60(47)82)51-21-23-54(79)72-59(51)81/h10-11,15-16,18-20,22,32-33,43,51,68H,6-9,12-14,17,21,23-31,34-40H2,1-5H3,(H,83,84)(H2,67,70,73)(H,72,79,81)/b46-41-,68-58?. The van der Waals surface area contributed by atoms with Crippen LogP contribution < -0.4 is 16.0 Å². The van der Waals surface area contributed by atoms with Gasteiger partial charge in [0.15, 0.2) is 5.69 Å². The molecule has 8 aliphatic rings. The first-order valence-corrected chi connectivity index (χ1v) is 32.0. The molecule has 3 aromatic heterocycles. The fourth-order valence-electron chi connectivity index (χ4n) is 16.6. The molecule has 4 aliphatic carbocycles. The predicted molar refractivity (Wildman–Crippen MR) is 332 cm³/mol. The van der Waals surface area contributed by atoms with E-state index in [1.807, 2.05) is 67.3 Å². The Hall–Kier alpha value is -7.16. The van der Waals surface area contributed by atoms with Gasteiger partial charge in [-0.15, -0.1) is 0 Å². The second-order valence-corrected chi connectivity index (χ2v) is 27.7. The normalized spacial score (nSPS) is 26.4. The number of carbonyl (C=O) groups is 5. The summed E-state index contributed by atoms with van der Waals surface area (Å²) in [4.78, 5) is 85.4. The fourth-order valence-corrected chi connectivity index (χ4v) is 17.5. The predicted octanol–water partition coefficient (Wildman–Crippen LogP) is 10.3. The Morgan fingerprint density at radius 1 is 0.907 bits per heavy atom. The number of unbranched alkanes of at least 4 members (excludes halogenated alkanes) is 4. The number of likely N-dealkylation sites (N-methyl/N-ethyl adjacent to an activating group) is 1. The molecular formula is C66H82N12O7S. The SMILES string of the molecule is CC(/C(N)=N/c1nc2ccccc2s1)=C1\CCCN(c2ccc(-c3cnn(CC45CC6(C)CC(C)(C4)C(OCCN(C)CCCCCCCC(=O)N4CCC(c7ccc8c(c7)CN(C7CCC(=O)NC7=O)C8=O)CC4)(C6)C5)c3C)c(C(=O)O)n2)C1=N. The number of nitrogens with zero attached hydrogens (tertiary/aromatic N) is 9. The second kappa shape index (κ2) is 23.5. The number of imide groups is 1. The highest BCUT2D eigenvalue weighted by molar-refractivity contribution is 7.22. The average Bonchev–Trinajstić information content (AvgIpc) is 1.51. The number of carboxylic acid groups (broad SMARTS) is 1. The van der Waals surface area contributed by atoms with Crippen LogP contribution >= 0.6 is 11.3 Å². The van der Waals surface area contributed by atoms with Crippen molar-refractivity contribution in [2.24, 2.45) is 27.0 Å². The number of carbonyl (C=O) groups excluding carboxylic acids is 4. The van der Waals surface area contributed by atoms with Crippen molar-refractivity contribution >= 4 is 73.8 Å². The Balaban J connectivity index is 0.585. The van der Waals surface area contributed by atoms with Gasteiger partial charge in [0.25, 0.3) is 5.91 Å². The van der Waals surface area contributed by atoms with Gasteiger partial charge in [0.05, 0.1) is 28.6 Å². The molecule has 0 radical (unpaired) electrons. The van der Waals surface area contributed by atoms with Crippen LogP contribution in [0.25, 0.3) is 21.3 Å². The number of pyridine rings is 1. The molecule has 7 fully saturated rings. The summed E-state index contributed by atoms with van der Waals surface area (Å²) in [6.45, 7) is 14.4.